The molecular weight excluding hydrogens is 221 g/mol. The summed E-state index contributed by atoms with van der Waals surface area (Å²) in [6.45, 7) is 3.22. The minimum absolute atomic E-state index is 0.297. The van der Waals surface area contributed by atoms with E-state index in [0.717, 1.165) is 12.3 Å². The van der Waals surface area contributed by atoms with Crippen molar-refractivity contribution in [2.45, 2.75) is 6.18 Å². The quantitative estimate of drug-likeness (QED) is 0.805. The van der Waals surface area contributed by atoms with Gasteiger partial charge in [0.1, 0.15) is 0 Å². The predicted octanol–water partition coefficient (Wildman–Crippen LogP) is 2.97. The lowest BCUT2D eigenvalue weighted by Crippen LogP contribution is -2.25. The second kappa shape index (κ2) is 4.69. The van der Waals surface area contributed by atoms with Crippen LogP contribution in [0.1, 0.15) is 5.56 Å². The van der Waals surface area contributed by atoms with E-state index in [9.17, 15) is 18.0 Å². The lowest BCUT2D eigenvalue weighted by atomic mass is 10.1. The number of benzene rings is 1. The summed E-state index contributed by atoms with van der Waals surface area (Å²) in [5, 5.41) is 4.20. The average Bonchev–Trinajstić information content (AvgIpc) is 2.17. The Morgan fingerprint density at radius 2 is 1.94 bits per heavy atom. The van der Waals surface area contributed by atoms with Crippen LogP contribution in [0.15, 0.2) is 37.0 Å². The van der Waals surface area contributed by atoms with Crippen LogP contribution >= 0.6 is 0 Å². The summed E-state index contributed by atoms with van der Waals surface area (Å²) in [5.74, 6) is 0. The van der Waals surface area contributed by atoms with Crippen molar-refractivity contribution in [3.63, 3.8) is 0 Å². The SMILES string of the molecule is C=CNC(=O)Nc1ccccc1C(F)(F)F. The molecule has 0 heterocycles. The Hall–Kier alpha value is -1.98. The summed E-state index contributed by atoms with van der Waals surface area (Å²) in [4.78, 5) is 11.0. The number of carbonyl (C=O) groups excluding carboxylic acids is 1. The van der Waals surface area contributed by atoms with Crippen LogP contribution in [0.4, 0.5) is 23.7 Å². The number of nitrogens with one attached hydrogen (secondary N) is 2. The molecule has 0 spiro atoms. The van der Waals surface area contributed by atoms with Crippen LogP contribution in [-0.4, -0.2) is 6.03 Å². The van der Waals surface area contributed by atoms with Crippen LogP contribution in [0.5, 0.6) is 0 Å². The van der Waals surface area contributed by atoms with Gasteiger partial charge < -0.3 is 10.6 Å². The molecule has 0 saturated carbocycles. The molecule has 0 aliphatic carbocycles. The van der Waals surface area contributed by atoms with Gasteiger partial charge in [-0.3, -0.25) is 0 Å². The number of amides is 2. The van der Waals surface area contributed by atoms with Crippen LogP contribution in [0, 0.1) is 0 Å². The highest BCUT2D eigenvalue weighted by Gasteiger charge is 2.33. The lowest BCUT2D eigenvalue weighted by Gasteiger charge is -2.12. The topological polar surface area (TPSA) is 41.1 Å². The summed E-state index contributed by atoms with van der Waals surface area (Å²) in [5.41, 5.74) is -1.19. The number of rotatable bonds is 2. The smallest absolute Gasteiger partial charge is 0.315 e. The highest BCUT2D eigenvalue weighted by atomic mass is 19.4. The van der Waals surface area contributed by atoms with E-state index in [4.69, 9.17) is 0 Å². The van der Waals surface area contributed by atoms with Crippen molar-refractivity contribution in [1.29, 1.82) is 0 Å². The van der Waals surface area contributed by atoms with Crippen LogP contribution in [0.3, 0.4) is 0 Å². The van der Waals surface area contributed by atoms with Gasteiger partial charge in [0.25, 0.3) is 0 Å². The summed E-state index contributed by atoms with van der Waals surface area (Å²) >= 11 is 0. The standard InChI is InChI=1S/C10H9F3N2O/c1-2-14-9(16)15-8-6-4-3-5-7(8)10(11,12)13/h2-6H,1H2,(H2,14,15,16). The Kier molecular flexibility index (Phi) is 3.55. The molecular formula is C10H9F3N2O. The Labute approximate surface area is 90.0 Å². The Balaban J connectivity index is 2.96. The zero-order valence-corrected chi connectivity index (χ0v) is 8.14. The molecule has 16 heavy (non-hydrogen) atoms. The fourth-order valence-corrected chi connectivity index (χ4v) is 1.09. The van der Waals surface area contributed by atoms with Crippen molar-refractivity contribution in [2.75, 3.05) is 5.32 Å². The Morgan fingerprint density at radius 1 is 1.31 bits per heavy atom. The molecule has 0 unspecified atom stereocenters. The highest BCUT2D eigenvalue weighted by Crippen LogP contribution is 2.34. The molecule has 0 fully saturated rings. The van der Waals surface area contributed by atoms with Gasteiger partial charge in [-0.2, -0.15) is 13.2 Å². The first kappa shape index (κ1) is 12.1. The first-order valence-corrected chi connectivity index (χ1v) is 4.30. The Bertz CT molecular complexity index is 401. The normalized spacial score (nSPS) is 10.7. The molecule has 0 saturated heterocycles. The number of carbonyl (C=O) groups is 1. The molecule has 0 bridgehead atoms. The maximum atomic E-state index is 12.5. The van der Waals surface area contributed by atoms with Crippen molar-refractivity contribution < 1.29 is 18.0 Å². The van der Waals surface area contributed by atoms with Crippen molar-refractivity contribution in [1.82, 2.24) is 5.32 Å². The second-order valence-electron chi connectivity index (χ2n) is 2.85. The van der Waals surface area contributed by atoms with Gasteiger partial charge in [0.15, 0.2) is 0 Å². The zero-order chi connectivity index (χ0) is 12.2. The van der Waals surface area contributed by atoms with Crippen LogP contribution < -0.4 is 10.6 Å². The number of halogens is 3. The van der Waals surface area contributed by atoms with Crippen molar-refractivity contribution in [3.05, 3.63) is 42.6 Å². The molecule has 86 valence electrons. The molecule has 0 aliphatic rings. The first-order valence-electron chi connectivity index (χ1n) is 4.30. The Morgan fingerprint density at radius 3 is 2.50 bits per heavy atom. The molecule has 0 aromatic heterocycles. The molecule has 1 aromatic rings. The minimum Gasteiger partial charge on any atom is -0.315 e. The minimum atomic E-state index is -4.50. The van der Waals surface area contributed by atoms with E-state index in [-0.39, 0.29) is 5.69 Å². The average molecular weight is 230 g/mol. The summed E-state index contributed by atoms with van der Waals surface area (Å²) in [6.07, 6.45) is -3.43. The largest absolute Gasteiger partial charge is 0.418 e. The van der Waals surface area contributed by atoms with E-state index in [1.165, 1.54) is 18.2 Å². The summed E-state index contributed by atoms with van der Waals surface area (Å²) < 4.78 is 37.5. The van der Waals surface area contributed by atoms with Gasteiger partial charge in [0.05, 0.1) is 11.3 Å². The van der Waals surface area contributed by atoms with E-state index >= 15 is 0 Å². The maximum Gasteiger partial charge on any atom is 0.418 e. The molecule has 2 amide bonds. The van der Waals surface area contributed by atoms with Crippen LogP contribution in [0.25, 0.3) is 0 Å². The van der Waals surface area contributed by atoms with Gasteiger partial charge in [-0.15, -0.1) is 0 Å². The van der Waals surface area contributed by atoms with Gasteiger partial charge in [0.2, 0.25) is 0 Å². The van der Waals surface area contributed by atoms with Gasteiger partial charge in [-0.1, -0.05) is 18.7 Å². The van der Waals surface area contributed by atoms with Crippen LogP contribution in [-0.2, 0) is 6.18 Å². The fraction of sp³-hybridized carbons (Fsp3) is 0.100. The molecule has 0 atom stereocenters. The maximum absolute atomic E-state index is 12.5. The molecule has 6 heteroatoms. The fourth-order valence-electron chi connectivity index (χ4n) is 1.09. The highest BCUT2D eigenvalue weighted by molar-refractivity contribution is 5.90. The van der Waals surface area contributed by atoms with Crippen molar-refractivity contribution in [2.24, 2.45) is 0 Å². The molecule has 1 aromatic carbocycles. The third-order valence-electron chi connectivity index (χ3n) is 1.71. The number of para-hydroxylation sites is 1. The number of hydrogen-bond donors (Lipinski definition) is 2. The molecule has 1 rings (SSSR count). The van der Waals surface area contributed by atoms with Gasteiger partial charge in [-0.05, 0) is 18.3 Å². The third-order valence-corrected chi connectivity index (χ3v) is 1.71. The molecule has 3 nitrogen and oxygen atoms in total. The molecule has 0 radical (unpaired) electrons. The molecule has 2 N–H and O–H groups in total. The zero-order valence-electron chi connectivity index (χ0n) is 8.14. The number of alkyl halides is 3. The van der Waals surface area contributed by atoms with E-state index < -0.39 is 17.8 Å². The number of hydrogen-bond acceptors (Lipinski definition) is 1. The van der Waals surface area contributed by atoms with Crippen LogP contribution in [0.2, 0.25) is 0 Å². The lowest BCUT2D eigenvalue weighted by molar-refractivity contribution is -0.136. The van der Waals surface area contributed by atoms with E-state index in [2.05, 4.69) is 17.2 Å². The third kappa shape index (κ3) is 3.01. The van der Waals surface area contributed by atoms with E-state index in [0.29, 0.717) is 0 Å². The predicted molar refractivity (Wildman–Crippen MR) is 53.8 cm³/mol. The molecule has 0 aliphatic heterocycles. The van der Waals surface area contributed by atoms with Crippen molar-refractivity contribution in [3.8, 4) is 0 Å². The second-order valence-corrected chi connectivity index (χ2v) is 2.85. The summed E-state index contributed by atoms with van der Waals surface area (Å²) in [6, 6.07) is 3.94. The van der Waals surface area contributed by atoms with Crippen molar-refractivity contribution >= 4 is 11.7 Å². The van der Waals surface area contributed by atoms with Gasteiger partial charge >= 0.3 is 12.2 Å². The van der Waals surface area contributed by atoms with Gasteiger partial charge in [-0.25, -0.2) is 4.79 Å². The van der Waals surface area contributed by atoms with Gasteiger partial charge in [0, 0.05) is 0 Å². The van der Waals surface area contributed by atoms with E-state index in [1.807, 2.05) is 0 Å². The summed E-state index contributed by atoms with van der Waals surface area (Å²) in [7, 11) is 0. The van der Waals surface area contributed by atoms with E-state index in [1.54, 1.807) is 0 Å². The first-order chi connectivity index (χ1) is 7.45. The number of anilines is 1. The number of urea groups is 1. The monoisotopic (exact) mass is 230 g/mol.